The summed E-state index contributed by atoms with van der Waals surface area (Å²) in [4.78, 5) is 12.0. The summed E-state index contributed by atoms with van der Waals surface area (Å²) in [7, 11) is 0. The zero-order chi connectivity index (χ0) is 17.2. The number of benzene rings is 2. The lowest BCUT2D eigenvalue weighted by Crippen LogP contribution is -2.30. The monoisotopic (exact) mass is 342 g/mol. The van der Waals surface area contributed by atoms with Crippen LogP contribution < -0.4 is 20.1 Å². The van der Waals surface area contributed by atoms with E-state index in [-0.39, 0.29) is 11.8 Å². The predicted molar refractivity (Wildman–Crippen MR) is 92.0 cm³/mol. The number of anilines is 1. The molecule has 2 aromatic carbocycles. The zero-order valence-electron chi connectivity index (χ0n) is 13.7. The predicted octanol–water partition coefficient (Wildman–Crippen LogP) is 3.06. The fourth-order valence-electron chi connectivity index (χ4n) is 3.36. The van der Waals surface area contributed by atoms with Gasteiger partial charge in [0.15, 0.2) is 0 Å². The van der Waals surface area contributed by atoms with E-state index >= 15 is 0 Å². The van der Waals surface area contributed by atoms with Crippen molar-refractivity contribution in [2.24, 2.45) is 0 Å². The molecule has 0 unspecified atom stereocenters. The Labute approximate surface area is 145 Å². The van der Waals surface area contributed by atoms with E-state index in [1.807, 2.05) is 0 Å². The molecule has 0 aromatic heterocycles. The summed E-state index contributed by atoms with van der Waals surface area (Å²) in [6, 6.07) is 7.44. The second-order valence-corrected chi connectivity index (χ2v) is 6.15. The Bertz CT molecular complexity index is 773. The number of hydrogen-bond acceptors (Lipinski definition) is 3. The summed E-state index contributed by atoms with van der Waals surface area (Å²) in [6.07, 6.45) is 2.46. The molecule has 0 saturated carbocycles. The standard InChI is InChI=1S/C19H19FN2O3/c20-13-1-3-14(4-2-13)22-19(23)21-8-5-16-15-7-10-24-17(15)11-12-6-9-25-18(12)16/h1-4,11H,5-10H2,(H2,21,22,23). The topological polar surface area (TPSA) is 59.6 Å². The molecule has 5 nitrogen and oxygen atoms in total. The number of rotatable bonds is 4. The fraction of sp³-hybridized carbons (Fsp3) is 0.316. The number of amides is 2. The number of carbonyl (C=O) groups excluding carboxylic acids is 1. The van der Waals surface area contributed by atoms with Crippen LogP contribution in [0.4, 0.5) is 14.9 Å². The first-order chi connectivity index (χ1) is 12.2. The summed E-state index contributed by atoms with van der Waals surface area (Å²) in [5, 5.41) is 5.52. The minimum atomic E-state index is -0.333. The van der Waals surface area contributed by atoms with Crippen LogP contribution in [0.25, 0.3) is 0 Å². The normalized spacial score (nSPS) is 14.3. The number of ether oxygens (including phenoxy) is 2. The van der Waals surface area contributed by atoms with Crippen molar-refractivity contribution in [2.45, 2.75) is 19.3 Å². The van der Waals surface area contributed by atoms with Crippen molar-refractivity contribution < 1.29 is 18.7 Å². The lowest BCUT2D eigenvalue weighted by atomic mass is 9.97. The van der Waals surface area contributed by atoms with Gasteiger partial charge < -0.3 is 20.1 Å². The van der Waals surface area contributed by atoms with Gasteiger partial charge in [-0.25, -0.2) is 9.18 Å². The maximum atomic E-state index is 12.9. The maximum absolute atomic E-state index is 12.9. The van der Waals surface area contributed by atoms with Crippen LogP contribution in [0.2, 0.25) is 0 Å². The van der Waals surface area contributed by atoms with E-state index in [0.29, 0.717) is 31.9 Å². The van der Waals surface area contributed by atoms with Gasteiger partial charge in [-0.15, -0.1) is 0 Å². The Morgan fingerprint density at radius 1 is 1.12 bits per heavy atom. The van der Waals surface area contributed by atoms with Crippen molar-refractivity contribution in [3.05, 3.63) is 52.8 Å². The molecule has 0 saturated heterocycles. The first-order valence-electron chi connectivity index (χ1n) is 8.44. The molecule has 0 aliphatic carbocycles. The van der Waals surface area contributed by atoms with Crippen LogP contribution in [0.15, 0.2) is 30.3 Å². The molecule has 0 bridgehead atoms. The van der Waals surface area contributed by atoms with Crippen LogP contribution >= 0.6 is 0 Å². The molecule has 4 rings (SSSR count). The van der Waals surface area contributed by atoms with E-state index in [0.717, 1.165) is 29.9 Å². The van der Waals surface area contributed by atoms with Crippen molar-refractivity contribution in [1.82, 2.24) is 5.32 Å². The molecule has 0 fully saturated rings. The van der Waals surface area contributed by atoms with E-state index < -0.39 is 0 Å². The number of halogens is 1. The Morgan fingerprint density at radius 2 is 1.92 bits per heavy atom. The molecule has 2 N–H and O–H groups in total. The molecular formula is C19H19FN2O3. The van der Waals surface area contributed by atoms with Crippen molar-refractivity contribution in [2.75, 3.05) is 25.1 Å². The highest BCUT2D eigenvalue weighted by molar-refractivity contribution is 5.89. The van der Waals surface area contributed by atoms with Crippen LogP contribution in [0.5, 0.6) is 11.5 Å². The third kappa shape index (κ3) is 3.24. The molecule has 0 radical (unpaired) electrons. The average Bonchev–Trinajstić information content (AvgIpc) is 3.25. The van der Waals surface area contributed by atoms with Crippen molar-refractivity contribution in [1.29, 1.82) is 0 Å². The minimum absolute atomic E-state index is 0.312. The van der Waals surface area contributed by atoms with Gasteiger partial charge in [-0.05, 0) is 36.8 Å². The number of nitrogens with one attached hydrogen (secondary N) is 2. The Balaban J connectivity index is 1.39. The van der Waals surface area contributed by atoms with E-state index in [2.05, 4.69) is 16.7 Å². The third-order valence-corrected chi connectivity index (χ3v) is 4.52. The van der Waals surface area contributed by atoms with E-state index in [4.69, 9.17) is 9.47 Å². The smallest absolute Gasteiger partial charge is 0.319 e. The Morgan fingerprint density at radius 3 is 2.76 bits per heavy atom. The number of carbonyl (C=O) groups is 1. The molecule has 2 heterocycles. The van der Waals surface area contributed by atoms with Crippen LogP contribution in [-0.2, 0) is 19.3 Å². The summed E-state index contributed by atoms with van der Waals surface area (Å²) in [5.74, 6) is 1.58. The number of hydrogen-bond donors (Lipinski definition) is 2. The largest absolute Gasteiger partial charge is 0.493 e. The maximum Gasteiger partial charge on any atom is 0.319 e. The SMILES string of the molecule is O=C(NCCc1c2c(cc3c1OCC3)OCC2)Nc1ccc(F)cc1. The molecular weight excluding hydrogens is 323 g/mol. The minimum Gasteiger partial charge on any atom is -0.493 e. The van der Waals surface area contributed by atoms with E-state index in [1.165, 1.54) is 35.4 Å². The van der Waals surface area contributed by atoms with E-state index in [9.17, 15) is 9.18 Å². The van der Waals surface area contributed by atoms with Gasteiger partial charge in [0.25, 0.3) is 0 Å². The summed E-state index contributed by atoms with van der Waals surface area (Å²) in [6.45, 7) is 1.88. The highest BCUT2D eigenvalue weighted by Gasteiger charge is 2.26. The zero-order valence-corrected chi connectivity index (χ0v) is 13.7. The van der Waals surface area contributed by atoms with Gasteiger partial charge >= 0.3 is 6.03 Å². The molecule has 0 atom stereocenters. The van der Waals surface area contributed by atoms with Gasteiger partial charge in [0.2, 0.25) is 0 Å². The second-order valence-electron chi connectivity index (χ2n) is 6.15. The van der Waals surface area contributed by atoms with Crippen molar-refractivity contribution in [3.8, 4) is 11.5 Å². The third-order valence-electron chi connectivity index (χ3n) is 4.52. The molecule has 6 heteroatoms. The molecule has 0 spiro atoms. The molecule has 130 valence electrons. The molecule has 2 aliphatic heterocycles. The number of urea groups is 1. The molecule has 2 aromatic rings. The van der Waals surface area contributed by atoms with Crippen LogP contribution in [0.3, 0.4) is 0 Å². The highest BCUT2D eigenvalue weighted by atomic mass is 19.1. The van der Waals surface area contributed by atoms with Gasteiger partial charge in [-0.1, -0.05) is 0 Å². The van der Waals surface area contributed by atoms with Crippen molar-refractivity contribution >= 4 is 11.7 Å². The first kappa shape index (κ1) is 15.7. The Kier molecular flexibility index (Phi) is 4.17. The van der Waals surface area contributed by atoms with Crippen molar-refractivity contribution in [3.63, 3.8) is 0 Å². The summed E-state index contributed by atoms with van der Waals surface area (Å²) >= 11 is 0. The fourth-order valence-corrected chi connectivity index (χ4v) is 3.36. The van der Waals surface area contributed by atoms with Crippen LogP contribution in [-0.4, -0.2) is 25.8 Å². The van der Waals surface area contributed by atoms with Gasteiger partial charge in [0.05, 0.1) is 13.2 Å². The lowest BCUT2D eigenvalue weighted by molar-refractivity contribution is 0.252. The summed E-state index contributed by atoms with van der Waals surface area (Å²) in [5.41, 5.74) is 4.08. The highest BCUT2D eigenvalue weighted by Crippen LogP contribution is 2.40. The molecule has 2 aliphatic rings. The average molecular weight is 342 g/mol. The number of fused-ring (bicyclic) bond motifs is 2. The van der Waals surface area contributed by atoms with Crippen LogP contribution in [0, 0.1) is 5.82 Å². The van der Waals surface area contributed by atoms with E-state index in [1.54, 1.807) is 0 Å². The van der Waals surface area contributed by atoms with Crippen LogP contribution in [0.1, 0.15) is 16.7 Å². The van der Waals surface area contributed by atoms with Gasteiger partial charge in [-0.3, -0.25) is 0 Å². The van der Waals surface area contributed by atoms with Gasteiger partial charge in [-0.2, -0.15) is 0 Å². The quantitative estimate of drug-likeness (QED) is 0.898. The van der Waals surface area contributed by atoms with Gasteiger partial charge in [0.1, 0.15) is 17.3 Å². The molecule has 25 heavy (non-hydrogen) atoms. The molecule has 2 amide bonds. The first-order valence-corrected chi connectivity index (χ1v) is 8.44. The summed E-state index contributed by atoms with van der Waals surface area (Å²) < 4.78 is 24.4. The Hall–Kier alpha value is -2.76. The van der Waals surface area contributed by atoms with Gasteiger partial charge in [0, 0.05) is 41.8 Å². The second kappa shape index (κ2) is 6.63. The lowest BCUT2D eigenvalue weighted by Gasteiger charge is -2.13.